The Hall–Kier alpha value is -0.910. The van der Waals surface area contributed by atoms with E-state index < -0.39 is 17.9 Å². The van der Waals surface area contributed by atoms with E-state index in [4.69, 9.17) is 0 Å². The lowest BCUT2D eigenvalue weighted by molar-refractivity contribution is -0.167. The highest BCUT2D eigenvalue weighted by atomic mass is 32.1. The number of hydrogen-bond donors (Lipinski definition) is 1. The van der Waals surface area contributed by atoms with Gasteiger partial charge in [-0.2, -0.15) is 13.2 Å². The summed E-state index contributed by atoms with van der Waals surface area (Å²) in [6, 6.07) is 0. The minimum Gasteiger partial charge on any atom is -0.350 e. The Kier molecular flexibility index (Phi) is 2.18. The molecule has 66 valence electrons. The molecule has 0 radical (unpaired) electrons. The van der Waals surface area contributed by atoms with Crippen LogP contribution in [0.3, 0.4) is 0 Å². The average molecular weight is 195 g/mol. The first-order chi connectivity index (χ1) is 5.43. The molecule has 6 heteroatoms. The van der Waals surface area contributed by atoms with Gasteiger partial charge in [-0.1, -0.05) is 12.2 Å². The van der Waals surface area contributed by atoms with Crippen LogP contribution in [0.15, 0.2) is 12.3 Å². The summed E-state index contributed by atoms with van der Waals surface area (Å²) in [6.07, 6.45) is -2.76. The smallest absolute Gasteiger partial charge is 0.350 e. The van der Waals surface area contributed by atoms with Crippen molar-refractivity contribution in [1.82, 2.24) is 5.32 Å². The Balaban J connectivity index is 2.92. The Bertz CT molecular complexity index is 258. The van der Waals surface area contributed by atoms with E-state index in [1.807, 2.05) is 0 Å². The van der Waals surface area contributed by atoms with E-state index in [0.29, 0.717) is 0 Å². The average Bonchev–Trinajstić information content (AvgIpc) is 1.92. The highest BCUT2D eigenvalue weighted by Gasteiger charge is 2.45. The molecule has 1 unspecified atom stereocenters. The van der Waals surface area contributed by atoms with E-state index in [1.165, 1.54) is 0 Å². The first kappa shape index (κ1) is 9.18. The fourth-order valence-electron chi connectivity index (χ4n) is 0.778. The van der Waals surface area contributed by atoms with Crippen LogP contribution in [0.5, 0.6) is 0 Å². The van der Waals surface area contributed by atoms with E-state index in [9.17, 15) is 18.0 Å². The summed E-state index contributed by atoms with van der Waals surface area (Å²) in [6.45, 7) is 0. The maximum atomic E-state index is 12.0. The molecule has 1 rings (SSSR count). The molecule has 1 N–H and O–H groups in total. The number of carbonyl (C=O) groups excluding carboxylic acids is 1. The number of carbonyl (C=O) groups is 1. The van der Waals surface area contributed by atoms with Crippen molar-refractivity contribution in [2.45, 2.75) is 6.18 Å². The number of Topliss-reactive ketones (excluding diaryl/α,β-unsaturated/α-hetero) is 1. The molecule has 1 heterocycles. The maximum absolute atomic E-state index is 12.0. The molecule has 0 saturated carbocycles. The van der Waals surface area contributed by atoms with Crippen LogP contribution >= 0.6 is 12.2 Å². The van der Waals surface area contributed by atoms with Crippen molar-refractivity contribution in [2.75, 3.05) is 0 Å². The molecule has 0 aromatic rings. The van der Waals surface area contributed by atoms with Gasteiger partial charge in [0.1, 0.15) is 10.9 Å². The number of halogens is 3. The summed E-state index contributed by atoms with van der Waals surface area (Å²) in [5.41, 5.74) is 0. The van der Waals surface area contributed by atoms with Crippen LogP contribution in [0.25, 0.3) is 0 Å². The summed E-state index contributed by atoms with van der Waals surface area (Å²) in [5, 5.41) is 2.24. The van der Waals surface area contributed by atoms with E-state index in [1.54, 1.807) is 0 Å². The van der Waals surface area contributed by atoms with Gasteiger partial charge < -0.3 is 5.32 Å². The number of nitrogens with one attached hydrogen (secondary N) is 1. The summed E-state index contributed by atoms with van der Waals surface area (Å²) in [4.78, 5) is 10.4. The maximum Gasteiger partial charge on any atom is 0.402 e. The van der Waals surface area contributed by atoms with Gasteiger partial charge in [-0.15, -0.1) is 0 Å². The molecule has 0 aliphatic carbocycles. The number of thiocarbonyl (C=S) groups is 1. The van der Waals surface area contributed by atoms with Crippen molar-refractivity contribution in [1.29, 1.82) is 0 Å². The quantitative estimate of drug-likeness (QED) is 0.588. The predicted molar refractivity (Wildman–Crippen MR) is 39.4 cm³/mol. The predicted octanol–water partition coefficient (Wildman–Crippen LogP) is 1.18. The van der Waals surface area contributed by atoms with Gasteiger partial charge in [-0.25, -0.2) is 0 Å². The van der Waals surface area contributed by atoms with Gasteiger partial charge in [0.05, 0.1) is 0 Å². The molecule has 2 nitrogen and oxygen atoms in total. The molecule has 0 fully saturated rings. The van der Waals surface area contributed by atoms with Crippen LogP contribution in [0, 0.1) is 5.92 Å². The van der Waals surface area contributed by atoms with Crippen LogP contribution in [0.4, 0.5) is 13.2 Å². The van der Waals surface area contributed by atoms with Crippen molar-refractivity contribution < 1.29 is 18.0 Å². The minimum atomic E-state index is -4.54. The first-order valence-corrected chi connectivity index (χ1v) is 3.42. The third kappa shape index (κ3) is 1.63. The Morgan fingerprint density at radius 3 is 2.50 bits per heavy atom. The molecule has 0 spiro atoms. The molecule has 1 aliphatic heterocycles. The number of alkyl halides is 3. The van der Waals surface area contributed by atoms with Crippen LogP contribution in [-0.4, -0.2) is 16.9 Å². The molecule has 0 aromatic heterocycles. The molecule has 1 aliphatic rings. The Morgan fingerprint density at radius 1 is 1.50 bits per heavy atom. The molecule has 12 heavy (non-hydrogen) atoms. The van der Waals surface area contributed by atoms with E-state index in [0.717, 1.165) is 12.3 Å². The Labute approximate surface area is 71.4 Å². The van der Waals surface area contributed by atoms with Crippen molar-refractivity contribution >= 4 is 23.0 Å². The van der Waals surface area contributed by atoms with Gasteiger partial charge >= 0.3 is 6.18 Å². The fraction of sp³-hybridized carbons (Fsp3) is 0.333. The van der Waals surface area contributed by atoms with Crippen LogP contribution in [0.1, 0.15) is 0 Å². The van der Waals surface area contributed by atoms with Gasteiger partial charge in [0.15, 0.2) is 0 Å². The lowest BCUT2D eigenvalue weighted by Crippen LogP contribution is -2.41. The summed E-state index contributed by atoms with van der Waals surface area (Å²) < 4.78 is 36.0. The zero-order valence-electron chi connectivity index (χ0n) is 5.68. The molecular formula is C6H4F3NOS. The van der Waals surface area contributed by atoms with E-state index in [-0.39, 0.29) is 4.99 Å². The number of rotatable bonds is 0. The number of ketones is 1. The number of hydrogen-bond acceptors (Lipinski definition) is 2. The lowest BCUT2D eigenvalue weighted by Gasteiger charge is -2.19. The Morgan fingerprint density at radius 2 is 2.08 bits per heavy atom. The largest absolute Gasteiger partial charge is 0.402 e. The molecule has 0 saturated heterocycles. The van der Waals surface area contributed by atoms with Gasteiger partial charge in [-0.05, 0) is 12.3 Å². The van der Waals surface area contributed by atoms with Crippen molar-refractivity contribution in [3.63, 3.8) is 0 Å². The molecule has 0 bridgehead atoms. The van der Waals surface area contributed by atoms with Crippen molar-refractivity contribution in [3.05, 3.63) is 12.3 Å². The van der Waals surface area contributed by atoms with Gasteiger partial charge in [0, 0.05) is 0 Å². The summed E-state index contributed by atoms with van der Waals surface area (Å²) in [7, 11) is 0. The summed E-state index contributed by atoms with van der Waals surface area (Å²) >= 11 is 4.36. The fourth-order valence-corrected chi connectivity index (χ4v) is 0.973. The highest BCUT2D eigenvalue weighted by molar-refractivity contribution is 7.82. The van der Waals surface area contributed by atoms with Crippen molar-refractivity contribution in [2.24, 2.45) is 5.92 Å². The topological polar surface area (TPSA) is 29.1 Å². The first-order valence-electron chi connectivity index (χ1n) is 3.01. The molecule has 0 amide bonds. The molecule has 0 aromatic carbocycles. The summed E-state index contributed by atoms with van der Waals surface area (Å²) in [5.74, 6) is -3.17. The normalized spacial score (nSPS) is 24.1. The van der Waals surface area contributed by atoms with E-state index >= 15 is 0 Å². The highest BCUT2D eigenvalue weighted by Crippen LogP contribution is 2.29. The molecular weight excluding hydrogens is 191 g/mol. The van der Waals surface area contributed by atoms with Crippen LogP contribution in [0.2, 0.25) is 0 Å². The molecule has 1 atom stereocenters. The van der Waals surface area contributed by atoms with Gasteiger partial charge in [-0.3, -0.25) is 4.79 Å². The van der Waals surface area contributed by atoms with Gasteiger partial charge in [0.25, 0.3) is 0 Å². The standard InChI is InChI=1S/C6H4F3NOS/c7-6(8,9)3-1-2-10-5(12)4(3)11/h1-3H,(H,10,12). The third-order valence-electron chi connectivity index (χ3n) is 1.36. The monoisotopic (exact) mass is 195 g/mol. The zero-order chi connectivity index (χ0) is 9.35. The second-order valence-electron chi connectivity index (χ2n) is 2.22. The second-order valence-corrected chi connectivity index (χ2v) is 2.62. The lowest BCUT2D eigenvalue weighted by atomic mass is 10.0. The third-order valence-corrected chi connectivity index (χ3v) is 1.68. The zero-order valence-corrected chi connectivity index (χ0v) is 6.50. The second kappa shape index (κ2) is 2.85. The number of allylic oxidation sites excluding steroid dienone is 1. The van der Waals surface area contributed by atoms with Crippen LogP contribution in [-0.2, 0) is 4.79 Å². The SMILES string of the molecule is O=C1C(=S)NC=CC1C(F)(F)F. The van der Waals surface area contributed by atoms with Gasteiger partial charge in [0.2, 0.25) is 5.78 Å². The minimum absolute atomic E-state index is 0.389. The van der Waals surface area contributed by atoms with Crippen molar-refractivity contribution in [3.8, 4) is 0 Å². The van der Waals surface area contributed by atoms with Crippen LogP contribution < -0.4 is 5.32 Å². The van der Waals surface area contributed by atoms with E-state index in [2.05, 4.69) is 17.5 Å².